The summed E-state index contributed by atoms with van der Waals surface area (Å²) in [5, 5.41) is 9.49. The minimum absolute atomic E-state index is 0.00810. The van der Waals surface area contributed by atoms with E-state index in [4.69, 9.17) is 0 Å². The molecular formula is C10H14N2O2S. The molecule has 2 rings (SSSR count). The smallest absolute Gasteiger partial charge is 0.265 e. The predicted molar refractivity (Wildman–Crippen MR) is 58.0 cm³/mol. The number of rotatable bonds is 1. The zero-order chi connectivity index (χ0) is 10.8. The van der Waals surface area contributed by atoms with Crippen LogP contribution in [0.3, 0.4) is 0 Å². The summed E-state index contributed by atoms with van der Waals surface area (Å²) in [4.78, 5) is 18.5. The number of likely N-dealkylation sites (tertiary alicyclic amines) is 1. The van der Waals surface area contributed by atoms with Crippen molar-refractivity contribution in [3.05, 3.63) is 16.1 Å². The fourth-order valence-electron chi connectivity index (χ4n) is 1.79. The Bertz CT molecular complexity index is 364. The molecule has 0 saturated carbocycles. The fourth-order valence-corrected chi connectivity index (χ4v) is 2.56. The fraction of sp³-hybridized carbons (Fsp3) is 0.600. The Morgan fingerprint density at radius 2 is 2.53 bits per heavy atom. The van der Waals surface area contributed by atoms with Crippen molar-refractivity contribution >= 4 is 17.2 Å². The molecule has 1 aromatic rings. The molecule has 1 fully saturated rings. The van der Waals surface area contributed by atoms with E-state index in [-0.39, 0.29) is 12.0 Å². The second-order valence-corrected chi connectivity index (χ2v) is 4.67. The Morgan fingerprint density at radius 3 is 3.13 bits per heavy atom. The molecule has 0 aliphatic carbocycles. The van der Waals surface area contributed by atoms with Crippen LogP contribution in [0.1, 0.15) is 28.2 Å². The quantitative estimate of drug-likeness (QED) is 0.778. The molecule has 0 unspecified atom stereocenters. The third-order valence-electron chi connectivity index (χ3n) is 2.62. The molecule has 4 nitrogen and oxygen atoms in total. The van der Waals surface area contributed by atoms with Gasteiger partial charge in [-0.3, -0.25) is 4.79 Å². The monoisotopic (exact) mass is 226 g/mol. The second kappa shape index (κ2) is 4.28. The van der Waals surface area contributed by atoms with Crippen LogP contribution in [-0.4, -0.2) is 40.1 Å². The number of hydrogen-bond donors (Lipinski definition) is 1. The van der Waals surface area contributed by atoms with E-state index in [1.807, 2.05) is 6.92 Å². The Balaban J connectivity index is 2.11. The van der Waals surface area contributed by atoms with Crippen molar-refractivity contribution in [2.45, 2.75) is 25.9 Å². The number of nitrogens with zero attached hydrogens (tertiary/aromatic N) is 2. The molecule has 0 aromatic carbocycles. The molecule has 0 radical (unpaired) electrons. The van der Waals surface area contributed by atoms with Crippen LogP contribution in [0.25, 0.3) is 0 Å². The molecule has 1 aliphatic heterocycles. The highest BCUT2D eigenvalue weighted by Crippen LogP contribution is 2.18. The van der Waals surface area contributed by atoms with E-state index < -0.39 is 0 Å². The summed E-state index contributed by atoms with van der Waals surface area (Å²) in [6, 6.07) is 0. The minimum Gasteiger partial charge on any atom is -0.391 e. The minimum atomic E-state index is -0.365. The molecule has 1 atom stereocenters. The number of aliphatic hydroxyl groups excluding tert-OH is 1. The predicted octanol–water partition coefficient (Wildman–Crippen LogP) is 1.05. The third-order valence-corrected chi connectivity index (χ3v) is 3.54. The molecule has 1 aliphatic rings. The average molecular weight is 226 g/mol. The first kappa shape index (κ1) is 10.6. The molecule has 15 heavy (non-hydrogen) atoms. The SMILES string of the molecule is Cc1ncsc1C(=O)N1CCC[C@H](O)C1. The lowest BCUT2D eigenvalue weighted by Gasteiger charge is -2.29. The summed E-state index contributed by atoms with van der Waals surface area (Å²) in [7, 11) is 0. The Morgan fingerprint density at radius 1 is 1.73 bits per heavy atom. The molecule has 1 N–H and O–H groups in total. The van der Waals surface area contributed by atoms with Gasteiger partial charge < -0.3 is 10.0 Å². The van der Waals surface area contributed by atoms with Gasteiger partial charge in [-0.2, -0.15) is 0 Å². The highest BCUT2D eigenvalue weighted by molar-refractivity contribution is 7.11. The summed E-state index contributed by atoms with van der Waals surface area (Å²) in [6.45, 7) is 3.04. The van der Waals surface area contributed by atoms with Crippen molar-refractivity contribution in [1.29, 1.82) is 0 Å². The second-order valence-electron chi connectivity index (χ2n) is 3.81. The van der Waals surface area contributed by atoms with Crippen LogP contribution in [0.15, 0.2) is 5.51 Å². The number of aromatic nitrogens is 1. The summed E-state index contributed by atoms with van der Waals surface area (Å²) >= 11 is 1.37. The third kappa shape index (κ3) is 2.18. The lowest BCUT2D eigenvalue weighted by molar-refractivity contribution is 0.0477. The van der Waals surface area contributed by atoms with Gasteiger partial charge in [0.05, 0.1) is 17.3 Å². The van der Waals surface area contributed by atoms with Crippen molar-refractivity contribution in [2.24, 2.45) is 0 Å². The maximum atomic E-state index is 12.0. The number of hydrogen-bond acceptors (Lipinski definition) is 4. The van der Waals surface area contributed by atoms with Gasteiger partial charge in [0.25, 0.3) is 5.91 Å². The highest BCUT2D eigenvalue weighted by Gasteiger charge is 2.24. The van der Waals surface area contributed by atoms with E-state index in [0.717, 1.165) is 25.1 Å². The lowest BCUT2D eigenvalue weighted by Crippen LogP contribution is -2.42. The van der Waals surface area contributed by atoms with Crippen LogP contribution >= 0.6 is 11.3 Å². The molecule has 5 heteroatoms. The number of β-amino-alcohol motifs (C(OH)–C–C–N with tert-alkyl or cyclic N) is 1. The van der Waals surface area contributed by atoms with Crippen LogP contribution in [0.2, 0.25) is 0 Å². The lowest BCUT2D eigenvalue weighted by atomic mass is 10.1. The summed E-state index contributed by atoms with van der Waals surface area (Å²) in [5.74, 6) is 0.00810. The molecule has 0 spiro atoms. The molecule has 2 heterocycles. The number of aliphatic hydroxyl groups is 1. The zero-order valence-electron chi connectivity index (χ0n) is 8.64. The van der Waals surface area contributed by atoms with Crippen LogP contribution in [-0.2, 0) is 0 Å². The first-order valence-electron chi connectivity index (χ1n) is 5.06. The van der Waals surface area contributed by atoms with E-state index in [2.05, 4.69) is 4.98 Å². The van der Waals surface area contributed by atoms with Gasteiger partial charge in [-0.15, -0.1) is 11.3 Å². The number of thiazole rings is 1. The standard InChI is InChI=1S/C10H14N2O2S/c1-7-9(15-6-11-7)10(14)12-4-2-3-8(13)5-12/h6,8,13H,2-5H2,1H3/t8-/m0/s1. The van der Waals surface area contributed by atoms with Gasteiger partial charge in [0.2, 0.25) is 0 Å². The molecule has 1 aromatic heterocycles. The Kier molecular flexibility index (Phi) is 3.02. The van der Waals surface area contributed by atoms with Gasteiger partial charge in [0, 0.05) is 13.1 Å². The number of aryl methyl sites for hydroxylation is 1. The van der Waals surface area contributed by atoms with Gasteiger partial charge in [0.15, 0.2) is 0 Å². The Hall–Kier alpha value is -0.940. The summed E-state index contributed by atoms with van der Waals surface area (Å²) < 4.78 is 0. The molecule has 82 valence electrons. The zero-order valence-corrected chi connectivity index (χ0v) is 9.46. The molecule has 1 amide bonds. The number of piperidine rings is 1. The van der Waals surface area contributed by atoms with Crippen molar-refractivity contribution in [3.63, 3.8) is 0 Å². The van der Waals surface area contributed by atoms with Crippen LogP contribution < -0.4 is 0 Å². The first-order chi connectivity index (χ1) is 7.18. The van der Waals surface area contributed by atoms with Crippen LogP contribution in [0.5, 0.6) is 0 Å². The van der Waals surface area contributed by atoms with E-state index in [9.17, 15) is 9.90 Å². The van der Waals surface area contributed by atoms with Gasteiger partial charge in [-0.05, 0) is 19.8 Å². The summed E-state index contributed by atoms with van der Waals surface area (Å²) in [6.07, 6.45) is 1.31. The van der Waals surface area contributed by atoms with Crippen molar-refractivity contribution < 1.29 is 9.90 Å². The topological polar surface area (TPSA) is 53.4 Å². The molecular weight excluding hydrogens is 212 g/mol. The van der Waals surface area contributed by atoms with Crippen LogP contribution in [0.4, 0.5) is 0 Å². The number of amides is 1. The van der Waals surface area contributed by atoms with Crippen molar-refractivity contribution in [3.8, 4) is 0 Å². The van der Waals surface area contributed by atoms with E-state index in [1.54, 1.807) is 10.4 Å². The van der Waals surface area contributed by atoms with E-state index in [0.29, 0.717) is 11.4 Å². The van der Waals surface area contributed by atoms with Crippen molar-refractivity contribution in [2.75, 3.05) is 13.1 Å². The van der Waals surface area contributed by atoms with Crippen molar-refractivity contribution in [1.82, 2.24) is 9.88 Å². The average Bonchev–Trinajstić information content (AvgIpc) is 2.63. The molecule has 0 bridgehead atoms. The van der Waals surface area contributed by atoms with Gasteiger partial charge in [-0.25, -0.2) is 4.98 Å². The largest absolute Gasteiger partial charge is 0.391 e. The number of carbonyl (C=O) groups excluding carboxylic acids is 1. The normalized spacial score (nSPS) is 21.7. The number of carbonyl (C=O) groups is 1. The van der Waals surface area contributed by atoms with Crippen LogP contribution in [0, 0.1) is 6.92 Å². The Labute approximate surface area is 92.6 Å². The molecule has 1 saturated heterocycles. The maximum absolute atomic E-state index is 12.0. The van der Waals surface area contributed by atoms with Gasteiger partial charge >= 0.3 is 0 Å². The van der Waals surface area contributed by atoms with E-state index >= 15 is 0 Å². The van der Waals surface area contributed by atoms with E-state index in [1.165, 1.54) is 11.3 Å². The maximum Gasteiger partial charge on any atom is 0.265 e. The summed E-state index contributed by atoms with van der Waals surface area (Å²) in [5.41, 5.74) is 2.47. The first-order valence-corrected chi connectivity index (χ1v) is 5.94. The highest BCUT2D eigenvalue weighted by atomic mass is 32.1. The van der Waals surface area contributed by atoms with Gasteiger partial charge in [-0.1, -0.05) is 0 Å². The van der Waals surface area contributed by atoms with Gasteiger partial charge in [0.1, 0.15) is 4.88 Å².